The Balaban J connectivity index is 1.94. The first-order valence-corrected chi connectivity index (χ1v) is 4.63. The van der Waals surface area contributed by atoms with Gasteiger partial charge in [-0.2, -0.15) is 0 Å². The average molecular weight is 179 g/mol. The van der Waals surface area contributed by atoms with Gasteiger partial charge in [-0.1, -0.05) is 0 Å². The molecule has 13 heavy (non-hydrogen) atoms. The van der Waals surface area contributed by atoms with Crippen LogP contribution < -0.4 is 0 Å². The Morgan fingerprint density at radius 3 is 3.15 bits per heavy atom. The Bertz CT molecular complexity index is 289. The fourth-order valence-electron chi connectivity index (χ4n) is 1.62. The van der Waals surface area contributed by atoms with E-state index in [0.717, 1.165) is 12.3 Å². The zero-order valence-electron chi connectivity index (χ0n) is 7.45. The molecule has 70 valence electrons. The number of hydrogen-bond acceptors (Lipinski definition) is 2. The van der Waals surface area contributed by atoms with Crippen LogP contribution in [-0.2, 0) is 16.0 Å². The van der Waals surface area contributed by atoms with Crippen LogP contribution in [0, 0.1) is 0 Å². The number of carbonyl (C=O) groups excluding carboxylic acids is 1. The van der Waals surface area contributed by atoms with Crippen LogP contribution >= 0.6 is 0 Å². The van der Waals surface area contributed by atoms with Crippen LogP contribution in [0.3, 0.4) is 0 Å². The van der Waals surface area contributed by atoms with Crippen molar-refractivity contribution in [3.63, 3.8) is 0 Å². The Labute approximate surface area is 77.1 Å². The maximum atomic E-state index is 9.93. The molecule has 1 aliphatic carbocycles. The van der Waals surface area contributed by atoms with Crippen molar-refractivity contribution in [1.82, 2.24) is 4.98 Å². The van der Waals surface area contributed by atoms with Crippen LogP contribution in [0.25, 0.3) is 0 Å². The first-order chi connectivity index (χ1) is 6.42. The Hall–Kier alpha value is -1.25. The van der Waals surface area contributed by atoms with Gasteiger partial charge in [-0.3, -0.25) is 4.79 Å². The number of H-pyrrole nitrogens is 1. The molecule has 3 nitrogen and oxygen atoms in total. The molecule has 3 heteroatoms. The molecule has 0 bridgehead atoms. The zero-order valence-corrected chi connectivity index (χ0v) is 7.45. The summed E-state index contributed by atoms with van der Waals surface area (Å²) in [6.45, 7) is 0.976. The highest BCUT2D eigenvalue weighted by Crippen LogP contribution is 2.41. The Morgan fingerprint density at radius 2 is 2.46 bits per heavy atom. The number of ether oxygens (including phenoxy) is 1. The normalized spacial score (nSPS) is 15.7. The van der Waals surface area contributed by atoms with Crippen LogP contribution in [0.1, 0.15) is 30.0 Å². The van der Waals surface area contributed by atoms with E-state index in [1.807, 2.05) is 6.20 Å². The maximum absolute atomic E-state index is 9.93. The van der Waals surface area contributed by atoms with Gasteiger partial charge in [0.1, 0.15) is 0 Å². The fraction of sp³-hybridized carbons (Fsp3) is 0.500. The summed E-state index contributed by atoms with van der Waals surface area (Å²) in [6, 6.07) is 2.13. The van der Waals surface area contributed by atoms with Crippen molar-refractivity contribution in [2.75, 3.05) is 6.61 Å². The number of aromatic nitrogens is 1. The minimum Gasteiger partial charge on any atom is -0.467 e. The quantitative estimate of drug-likeness (QED) is 0.551. The highest BCUT2D eigenvalue weighted by molar-refractivity contribution is 5.37. The molecule has 0 radical (unpaired) electrons. The summed E-state index contributed by atoms with van der Waals surface area (Å²) in [7, 11) is 0. The maximum Gasteiger partial charge on any atom is 0.293 e. The molecule has 0 atom stereocenters. The molecule has 2 rings (SSSR count). The van der Waals surface area contributed by atoms with E-state index in [9.17, 15) is 4.79 Å². The molecule has 0 aromatic carbocycles. The largest absolute Gasteiger partial charge is 0.467 e. The highest BCUT2D eigenvalue weighted by Gasteiger charge is 2.26. The second-order valence-corrected chi connectivity index (χ2v) is 3.40. The van der Waals surface area contributed by atoms with Crippen molar-refractivity contribution in [2.24, 2.45) is 0 Å². The third-order valence-corrected chi connectivity index (χ3v) is 2.42. The standard InChI is InChI=1S/C10H13NO2/c12-7-13-6-4-10-9(3-5-11-10)8-1-2-8/h3,5,7-8,11H,1-2,4,6H2. The second kappa shape index (κ2) is 3.64. The summed E-state index contributed by atoms with van der Waals surface area (Å²) in [4.78, 5) is 13.1. The van der Waals surface area contributed by atoms with E-state index in [4.69, 9.17) is 0 Å². The number of nitrogens with one attached hydrogen (secondary N) is 1. The topological polar surface area (TPSA) is 42.1 Å². The molecular weight excluding hydrogens is 166 g/mol. The van der Waals surface area contributed by atoms with Gasteiger partial charge in [0.15, 0.2) is 0 Å². The highest BCUT2D eigenvalue weighted by atomic mass is 16.5. The van der Waals surface area contributed by atoms with Crippen LogP contribution in [0.15, 0.2) is 12.3 Å². The molecule has 0 unspecified atom stereocenters. The molecule has 1 aromatic rings. The fourth-order valence-corrected chi connectivity index (χ4v) is 1.62. The third-order valence-electron chi connectivity index (χ3n) is 2.42. The van der Waals surface area contributed by atoms with Gasteiger partial charge in [0.2, 0.25) is 0 Å². The van der Waals surface area contributed by atoms with Gasteiger partial charge in [-0.05, 0) is 30.4 Å². The number of aromatic amines is 1. The van der Waals surface area contributed by atoms with Crippen LogP contribution in [0.4, 0.5) is 0 Å². The lowest BCUT2D eigenvalue weighted by molar-refractivity contribution is -0.128. The summed E-state index contributed by atoms with van der Waals surface area (Å²) in [5.74, 6) is 0.762. The Morgan fingerprint density at radius 1 is 1.62 bits per heavy atom. The summed E-state index contributed by atoms with van der Waals surface area (Å²) < 4.78 is 4.66. The third kappa shape index (κ3) is 1.91. The zero-order chi connectivity index (χ0) is 9.10. The predicted molar refractivity (Wildman–Crippen MR) is 48.5 cm³/mol. The van der Waals surface area contributed by atoms with Gasteiger partial charge in [-0.15, -0.1) is 0 Å². The SMILES string of the molecule is O=COCCc1[nH]ccc1C1CC1. The lowest BCUT2D eigenvalue weighted by Gasteiger charge is -2.01. The molecule has 0 saturated heterocycles. The summed E-state index contributed by atoms with van der Waals surface area (Å²) in [6.07, 6.45) is 5.38. The molecular formula is C10H13NO2. The lowest BCUT2D eigenvalue weighted by Crippen LogP contribution is -1.99. The molecule has 0 amide bonds. The molecule has 1 N–H and O–H groups in total. The number of hydrogen-bond donors (Lipinski definition) is 1. The predicted octanol–water partition coefficient (Wildman–Crippen LogP) is 1.61. The van der Waals surface area contributed by atoms with E-state index in [2.05, 4.69) is 15.8 Å². The number of carbonyl (C=O) groups is 1. The first kappa shape index (κ1) is 8.35. The van der Waals surface area contributed by atoms with E-state index in [1.54, 1.807) is 0 Å². The van der Waals surface area contributed by atoms with E-state index < -0.39 is 0 Å². The van der Waals surface area contributed by atoms with Crippen molar-refractivity contribution in [1.29, 1.82) is 0 Å². The van der Waals surface area contributed by atoms with Gasteiger partial charge >= 0.3 is 0 Å². The Kier molecular flexibility index (Phi) is 2.34. The lowest BCUT2D eigenvalue weighted by atomic mass is 10.1. The van der Waals surface area contributed by atoms with Crippen LogP contribution in [0.2, 0.25) is 0 Å². The average Bonchev–Trinajstić information content (AvgIpc) is 2.88. The van der Waals surface area contributed by atoms with E-state index in [-0.39, 0.29) is 0 Å². The molecule has 1 saturated carbocycles. The van der Waals surface area contributed by atoms with Crippen LogP contribution in [-0.4, -0.2) is 18.1 Å². The van der Waals surface area contributed by atoms with Gasteiger partial charge < -0.3 is 9.72 Å². The first-order valence-electron chi connectivity index (χ1n) is 4.63. The van der Waals surface area contributed by atoms with Gasteiger partial charge in [0.05, 0.1) is 6.61 Å². The summed E-state index contributed by atoms with van der Waals surface area (Å²) in [5.41, 5.74) is 2.64. The van der Waals surface area contributed by atoms with Gasteiger partial charge in [0, 0.05) is 18.3 Å². The van der Waals surface area contributed by atoms with Crippen molar-refractivity contribution in [2.45, 2.75) is 25.2 Å². The molecule has 0 spiro atoms. The number of rotatable bonds is 5. The smallest absolute Gasteiger partial charge is 0.293 e. The minimum absolute atomic E-state index is 0.476. The monoisotopic (exact) mass is 179 g/mol. The van der Waals surface area contributed by atoms with Crippen LogP contribution in [0.5, 0.6) is 0 Å². The molecule has 1 heterocycles. The van der Waals surface area contributed by atoms with Crippen molar-refractivity contribution >= 4 is 6.47 Å². The van der Waals surface area contributed by atoms with E-state index in [0.29, 0.717) is 13.1 Å². The molecule has 0 aliphatic heterocycles. The minimum atomic E-state index is 0.476. The summed E-state index contributed by atoms with van der Waals surface area (Å²) in [5, 5.41) is 0. The second-order valence-electron chi connectivity index (χ2n) is 3.40. The van der Waals surface area contributed by atoms with Crippen molar-refractivity contribution < 1.29 is 9.53 Å². The van der Waals surface area contributed by atoms with Gasteiger partial charge in [-0.25, -0.2) is 0 Å². The summed E-state index contributed by atoms with van der Waals surface area (Å²) >= 11 is 0. The van der Waals surface area contributed by atoms with E-state index in [1.165, 1.54) is 24.1 Å². The molecule has 1 aliphatic rings. The molecule has 1 fully saturated rings. The van der Waals surface area contributed by atoms with Gasteiger partial charge in [0.25, 0.3) is 6.47 Å². The van der Waals surface area contributed by atoms with Crippen molar-refractivity contribution in [3.05, 3.63) is 23.5 Å². The molecule has 1 aromatic heterocycles. The van der Waals surface area contributed by atoms with E-state index >= 15 is 0 Å². The van der Waals surface area contributed by atoms with Crippen molar-refractivity contribution in [3.8, 4) is 0 Å².